The molecular formula is C25H23BrN2O3. The van der Waals surface area contributed by atoms with Gasteiger partial charge < -0.3 is 15.0 Å². The first-order chi connectivity index (χ1) is 15.0. The van der Waals surface area contributed by atoms with Crippen LogP contribution in [0.15, 0.2) is 77.3 Å². The van der Waals surface area contributed by atoms with Gasteiger partial charge in [0.2, 0.25) is 0 Å². The largest absolute Gasteiger partial charge is 0.497 e. The Kier molecular flexibility index (Phi) is 6.37. The van der Waals surface area contributed by atoms with E-state index in [-0.39, 0.29) is 17.9 Å². The highest BCUT2D eigenvalue weighted by Gasteiger charge is 2.33. The van der Waals surface area contributed by atoms with Crippen LogP contribution in [0.5, 0.6) is 5.75 Å². The highest BCUT2D eigenvalue weighted by Crippen LogP contribution is 2.30. The number of rotatable bonds is 7. The molecule has 4 rings (SSSR count). The summed E-state index contributed by atoms with van der Waals surface area (Å²) >= 11 is 3.38. The topological polar surface area (TPSA) is 58.6 Å². The minimum Gasteiger partial charge on any atom is -0.497 e. The Morgan fingerprint density at radius 3 is 2.39 bits per heavy atom. The lowest BCUT2D eigenvalue weighted by Gasteiger charge is -2.23. The van der Waals surface area contributed by atoms with Gasteiger partial charge in [0.25, 0.3) is 11.8 Å². The van der Waals surface area contributed by atoms with E-state index in [1.54, 1.807) is 43.5 Å². The number of carbonyl (C=O) groups excluding carboxylic acids is 2. The van der Waals surface area contributed by atoms with Crippen LogP contribution in [0.25, 0.3) is 0 Å². The Labute approximate surface area is 190 Å². The van der Waals surface area contributed by atoms with Crippen molar-refractivity contribution in [3.05, 3.63) is 94.0 Å². The molecule has 0 spiro atoms. The maximum absolute atomic E-state index is 13.3. The molecule has 158 valence electrons. The van der Waals surface area contributed by atoms with E-state index in [0.717, 1.165) is 28.6 Å². The Balaban J connectivity index is 1.49. The van der Waals surface area contributed by atoms with Gasteiger partial charge in [-0.3, -0.25) is 9.59 Å². The molecule has 1 fully saturated rings. The van der Waals surface area contributed by atoms with Crippen LogP contribution in [0, 0.1) is 0 Å². The van der Waals surface area contributed by atoms with Crippen molar-refractivity contribution in [3.63, 3.8) is 0 Å². The van der Waals surface area contributed by atoms with E-state index in [0.29, 0.717) is 23.4 Å². The summed E-state index contributed by atoms with van der Waals surface area (Å²) in [5.41, 5.74) is 2.76. The monoisotopic (exact) mass is 478 g/mol. The lowest BCUT2D eigenvalue weighted by atomic mass is 10.1. The Morgan fingerprint density at radius 1 is 1.00 bits per heavy atom. The van der Waals surface area contributed by atoms with Crippen molar-refractivity contribution in [2.75, 3.05) is 12.4 Å². The van der Waals surface area contributed by atoms with E-state index in [1.807, 2.05) is 41.3 Å². The van der Waals surface area contributed by atoms with E-state index in [9.17, 15) is 9.59 Å². The predicted octanol–water partition coefficient (Wildman–Crippen LogP) is 5.51. The van der Waals surface area contributed by atoms with Crippen molar-refractivity contribution in [2.45, 2.75) is 25.4 Å². The second-order valence-corrected chi connectivity index (χ2v) is 8.47. The Morgan fingerprint density at radius 2 is 1.71 bits per heavy atom. The highest BCUT2D eigenvalue weighted by atomic mass is 79.9. The van der Waals surface area contributed by atoms with Crippen molar-refractivity contribution < 1.29 is 14.3 Å². The summed E-state index contributed by atoms with van der Waals surface area (Å²) < 4.78 is 6.05. The number of nitrogens with one attached hydrogen (secondary N) is 1. The fourth-order valence-electron chi connectivity index (χ4n) is 3.41. The third-order valence-corrected chi connectivity index (χ3v) is 5.71. The number of halogens is 1. The van der Waals surface area contributed by atoms with Crippen molar-refractivity contribution in [1.29, 1.82) is 0 Å². The molecule has 1 N–H and O–H groups in total. The fourth-order valence-corrected chi connectivity index (χ4v) is 3.81. The molecule has 1 saturated carbocycles. The van der Waals surface area contributed by atoms with E-state index >= 15 is 0 Å². The molecule has 3 aromatic rings. The molecule has 6 heteroatoms. The fraction of sp³-hybridized carbons (Fsp3) is 0.200. The predicted molar refractivity (Wildman–Crippen MR) is 124 cm³/mol. The van der Waals surface area contributed by atoms with Crippen molar-refractivity contribution in [1.82, 2.24) is 4.90 Å². The molecular weight excluding hydrogens is 456 g/mol. The van der Waals surface area contributed by atoms with Crippen LogP contribution in [0.1, 0.15) is 39.1 Å². The van der Waals surface area contributed by atoms with Gasteiger partial charge >= 0.3 is 0 Å². The molecule has 5 nitrogen and oxygen atoms in total. The minimum absolute atomic E-state index is 0.0307. The standard InChI is InChI=1S/C25H23BrN2O3/c1-31-23-12-8-17(9-13-23)16-28(22-10-11-22)25(30)19-5-3-7-21(15-19)27-24(29)18-4-2-6-20(26)14-18/h2-9,12-15,22H,10-11,16H2,1H3,(H,27,29). The van der Waals surface area contributed by atoms with Gasteiger partial charge in [-0.25, -0.2) is 0 Å². The number of amides is 2. The Hall–Kier alpha value is -3.12. The molecule has 0 unspecified atom stereocenters. The highest BCUT2D eigenvalue weighted by molar-refractivity contribution is 9.10. The van der Waals surface area contributed by atoms with Gasteiger partial charge in [0.15, 0.2) is 0 Å². The van der Waals surface area contributed by atoms with Gasteiger partial charge in [-0.15, -0.1) is 0 Å². The SMILES string of the molecule is COc1ccc(CN(C(=O)c2cccc(NC(=O)c3cccc(Br)c3)c2)C2CC2)cc1. The van der Waals surface area contributed by atoms with Crippen LogP contribution in [-0.4, -0.2) is 29.9 Å². The zero-order valence-electron chi connectivity index (χ0n) is 17.2. The molecule has 0 aliphatic heterocycles. The Bertz CT molecular complexity index is 1090. The number of methoxy groups -OCH3 is 1. The van der Waals surface area contributed by atoms with E-state index in [4.69, 9.17) is 4.74 Å². The van der Waals surface area contributed by atoms with Crippen molar-refractivity contribution >= 4 is 33.4 Å². The normalized spacial score (nSPS) is 12.8. The molecule has 0 saturated heterocycles. The summed E-state index contributed by atoms with van der Waals surface area (Å²) in [7, 11) is 1.64. The first kappa shape index (κ1) is 21.1. The zero-order valence-corrected chi connectivity index (χ0v) is 18.8. The zero-order chi connectivity index (χ0) is 21.8. The summed E-state index contributed by atoms with van der Waals surface area (Å²) in [6.07, 6.45) is 2.03. The van der Waals surface area contributed by atoms with Crippen LogP contribution in [0.3, 0.4) is 0 Å². The molecule has 1 aliphatic rings. The maximum Gasteiger partial charge on any atom is 0.255 e. The van der Waals surface area contributed by atoms with Crippen LogP contribution in [-0.2, 0) is 6.54 Å². The molecule has 3 aromatic carbocycles. The molecule has 0 bridgehead atoms. The van der Waals surface area contributed by atoms with E-state index < -0.39 is 0 Å². The van der Waals surface area contributed by atoms with E-state index in [2.05, 4.69) is 21.2 Å². The van der Waals surface area contributed by atoms with Gasteiger partial charge in [0, 0.05) is 33.9 Å². The third-order valence-electron chi connectivity index (χ3n) is 5.21. The summed E-state index contributed by atoms with van der Waals surface area (Å²) in [5, 5.41) is 2.88. The summed E-state index contributed by atoms with van der Waals surface area (Å²) in [5.74, 6) is 0.544. The van der Waals surface area contributed by atoms with Gasteiger partial charge in [-0.1, -0.05) is 40.2 Å². The van der Waals surface area contributed by atoms with Crippen LogP contribution >= 0.6 is 15.9 Å². The van der Waals surface area contributed by atoms with E-state index in [1.165, 1.54) is 0 Å². The first-order valence-electron chi connectivity index (χ1n) is 10.1. The van der Waals surface area contributed by atoms with Crippen LogP contribution in [0.2, 0.25) is 0 Å². The number of anilines is 1. The molecule has 0 radical (unpaired) electrons. The average molecular weight is 479 g/mol. The minimum atomic E-state index is -0.219. The molecule has 1 aliphatic carbocycles. The summed E-state index contributed by atoms with van der Waals surface area (Å²) in [6.45, 7) is 0.544. The number of nitrogens with zero attached hydrogens (tertiary/aromatic N) is 1. The van der Waals surface area contributed by atoms with Crippen LogP contribution < -0.4 is 10.1 Å². The van der Waals surface area contributed by atoms with Gasteiger partial charge in [0.05, 0.1) is 7.11 Å². The first-order valence-corrected chi connectivity index (χ1v) is 10.9. The smallest absolute Gasteiger partial charge is 0.255 e. The van der Waals surface area contributed by atoms with Gasteiger partial charge in [-0.05, 0) is 66.9 Å². The van der Waals surface area contributed by atoms with Crippen LogP contribution in [0.4, 0.5) is 5.69 Å². The molecule has 0 aromatic heterocycles. The lowest BCUT2D eigenvalue weighted by molar-refractivity contribution is 0.0729. The molecule has 2 amide bonds. The lowest BCUT2D eigenvalue weighted by Crippen LogP contribution is -2.32. The average Bonchev–Trinajstić information content (AvgIpc) is 3.63. The second-order valence-electron chi connectivity index (χ2n) is 7.56. The third kappa shape index (κ3) is 5.33. The number of benzene rings is 3. The van der Waals surface area contributed by atoms with Gasteiger partial charge in [-0.2, -0.15) is 0 Å². The van der Waals surface area contributed by atoms with Crippen molar-refractivity contribution in [3.8, 4) is 5.75 Å². The number of hydrogen-bond donors (Lipinski definition) is 1. The summed E-state index contributed by atoms with van der Waals surface area (Å²) in [6, 6.07) is 22.3. The van der Waals surface area contributed by atoms with Gasteiger partial charge in [0.1, 0.15) is 5.75 Å². The molecule has 0 atom stereocenters. The van der Waals surface area contributed by atoms with Crippen molar-refractivity contribution in [2.24, 2.45) is 0 Å². The molecule has 31 heavy (non-hydrogen) atoms. The quantitative estimate of drug-likeness (QED) is 0.486. The second kappa shape index (κ2) is 9.35. The number of hydrogen-bond acceptors (Lipinski definition) is 3. The number of ether oxygens (including phenoxy) is 1. The summed E-state index contributed by atoms with van der Waals surface area (Å²) in [4.78, 5) is 27.8. The molecule has 0 heterocycles. The maximum atomic E-state index is 13.3. The number of carbonyl (C=O) groups is 2.